The predicted molar refractivity (Wildman–Crippen MR) is 109 cm³/mol. The molecule has 2 nitrogen and oxygen atoms in total. The number of hydrogen-bond acceptors (Lipinski definition) is 2. The molecule has 3 heteroatoms. The molecule has 1 aromatic heterocycles. The van der Waals surface area contributed by atoms with Gasteiger partial charge in [-0.3, -0.25) is 0 Å². The van der Waals surface area contributed by atoms with Gasteiger partial charge in [0.15, 0.2) is 0 Å². The van der Waals surface area contributed by atoms with Gasteiger partial charge in [-0.25, -0.2) is 0 Å². The minimum atomic E-state index is 0.551. The fraction of sp³-hybridized carbons (Fsp3) is 0.565. The smallest absolute Gasteiger partial charge is 0.134 e. The zero-order valence-corrected chi connectivity index (χ0v) is 17.1. The summed E-state index contributed by atoms with van der Waals surface area (Å²) in [6.45, 7) is 3.26. The van der Waals surface area contributed by atoms with Crippen LogP contribution in [0.25, 0.3) is 11.3 Å². The van der Waals surface area contributed by atoms with Crippen molar-refractivity contribution in [3.8, 4) is 11.3 Å². The van der Waals surface area contributed by atoms with Crippen LogP contribution in [-0.4, -0.2) is 6.04 Å². The highest BCUT2D eigenvalue weighted by atomic mass is 79.9. The maximum Gasteiger partial charge on any atom is 0.134 e. The topological polar surface area (TPSA) is 25.2 Å². The van der Waals surface area contributed by atoms with Gasteiger partial charge in [0, 0.05) is 16.1 Å². The molecule has 0 saturated heterocycles. The highest BCUT2D eigenvalue weighted by Crippen LogP contribution is 2.61. The Labute approximate surface area is 164 Å². The molecular formula is C23H28BrNO. The Morgan fingerprint density at radius 3 is 2.23 bits per heavy atom. The summed E-state index contributed by atoms with van der Waals surface area (Å²) in [5, 5.41) is 3.83. The third kappa shape index (κ3) is 3.07. The fourth-order valence-electron chi connectivity index (χ4n) is 6.42. The Kier molecular flexibility index (Phi) is 4.28. The van der Waals surface area contributed by atoms with Gasteiger partial charge < -0.3 is 9.73 Å². The quantitative estimate of drug-likeness (QED) is 0.612. The summed E-state index contributed by atoms with van der Waals surface area (Å²) in [5.41, 5.74) is 1.68. The molecule has 0 amide bonds. The lowest BCUT2D eigenvalue weighted by atomic mass is 9.48. The van der Waals surface area contributed by atoms with Gasteiger partial charge in [0.2, 0.25) is 0 Å². The minimum absolute atomic E-state index is 0.551. The molecule has 2 aromatic rings. The first kappa shape index (κ1) is 17.1. The van der Waals surface area contributed by atoms with Crippen LogP contribution in [0, 0.1) is 23.2 Å². The molecule has 0 aliphatic heterocycles. The van der Waals surface area contributed by atoms with E-state index in [1.165, 1.54) is 38.5 Å². The third-order valence-corrected chi connectivity index (χ3v) is 7.91. The van der Waals surface area contributed by atoms with Crippen LogP contribution in [0.3, 0.4) is 0 Å². The van der Waals surface area contributed by atoms with E-state index in [1.54, 1.807) is 0 Å². The average molecular weight is 414 g/mol. The van der Waals surface area contributed by atoms with Crippen LogP contribution in [0.15, 0.2) is 45.3 Å². The number of benzene rings is 1. The van der Waals surface area contributed by atoms with E-state index >= 15 is 0 Å². The number of nitrogens with one attached hydrogen (secondary N) is 1. The zero-order valence-electron chi connectivity index (χ0n) is 15.5. The molecular weight excluding hydrogens is 386 g/mol. The molecule has 6 rings (SSSR count). The summed E-state index contributed by atoms with van der Waals surface area (Å²) in [6, 6.07) is 13.1. The Hall–Kier alpha value is -1.06. The first-order valence-corrected chi connectivity index (χ1v) is 11.0. The SMILES string of the molecule is C[C@H](NCc1ccc(-c2ccc(Br)cc2)o1)C12CC3CC(CC(C3)C1)C2. The Bertz CT molecular complexity index is 742. The van der Waals surface area contributed by atoms with Gasteiger partial charge in [0.05, 0.1) is 6.54 Å². The van der Waals surface area contributed by atoms with E-state index in [1.807, 2.05) is 0 Å². The molecule has 0 spiro atoms. The molecule has 1 aromatic carbocycles. The minimum Gasteiger partial charge on any atom is -0.460 e. The summed E-state index contributed by atoms with van der Waals surface area (Å²) in [5.74, 6) is 5.03. The van der Waals surface area contributed by atoms with Crippen molar-refractivity contribution >= 4 is 15.9 Å². The van der Waals surface area contributed by atoms with Gasteiger partial charge in [-0.1, -0.05) is 28.1 Å². The highest BCUT2D eigenvalue weighted by molar-refractivity contribution is 9.10. The highest BCUT2D eigenvalue weighted by Gasteiger charge is 2.52. The summed E-state index contributed by atoms with van der Waals surface area (Å²) < 4.78 is 7.20. The number of hydrogen-bond donors (Lipinski definition) is 1. The first-order valence-electron chi connectivity index (χ1n) is 10.2. The zero-order chi connectivity index (χ0) is 17.7. The molecule has 4 fully saturated rings. The molecule has 138 valence electrons. The van der Waals surface area contributed by atoms with Crippen molar-refractivity contribution in [3.05, 3.63) is 46.6 Å². The predicted octanol–water partition coefficient (Wildman–Crippen LogP) is 6.40. The van der Waals surface area contributed by atoms with Crippen LogP contribution >= 0.6 is 15.9 Å². The van der Waals surface area contributed by atoms with Gasteiger partial charge in [0.25, 0.3) is 0 Å². The van der Waals surface area contributed by atoms with E-state index in [4.69, 9.17) is 4.42 Å². The Balaban J connectivity index is 1.25. The molecule has 0 radical (unpaired) electrons. The van der Waals surface area contributed by atoms with Crippen molar-refractivity contribution in [2.75, 3.05) is 0 Å². The van der Waals surface area contributed by atoms with Gasteiger partial charge in [-0.05, 0) is 92.9 Å². The fourth-order valence-corrected chi connectivity index (χ4v) is 6.68. The van der Waals surface area contributed by atoms with Crippen LogP contribution in [0.1, 0.15) is 51.2 Å². The second kappa shape index (κ2) is 6.53. The molecule has 4 bridgehead atoms. The summed E-state index contributed by atoms with van der Waals surface area (Å²) in [7, 11) is 0. The molecule has 1 atom stereocenters. The first-order chi connectivity index (χ1) is 12.6. The van der Waals surface area contributed by atoms with E-state index in [9.17, 15) is 0 Å². The standard InChI is InChI=1S/C23H28BrNO/c1-15(23-11-16-8-17(12-23)10-18(9-16)13-23)25-14-21-6-7-22(26-21)19-2-4-20(24)5-3-19/h2-7,15-18,25H,8-14H2,1H3/t15-,16?,17?,18?,23?/m0/s1. The van der Waals surface area contributed by atoms with E-state index in [0.717, 1.165) is 45.9 Å². The van der Waals surface area contributed by atoms with Crippen molar-refractivity contribution in [1.29, 1.82) is 0 Å². The summed E-state index contributed by atoms with van der Waals surface area (Å²) in [6.07, 6.45) is 8.91. The largest absolute Gasteiger partial charge is 0.460 e. The molecule has 1 N–H and O–H groups in total. The normalized spacial score (nSPS) is 33.5. The molecule has 4 aliphatic carbocycles. The van der Waals surface area contributed by atoms with Crippen LogP contribution in [0.2, 0.25) is 0 Å². The van der Waals surface area contributed by atoms with Gasteiger partial charge in [0.1, 0.15) is 11.5 Å². The summed E-state index contributed by atoms with van der Waals surface area (Å²) in [4.78, 5) is 0. The van der Waals surface area contributed by atoms with Crippen LogP contribution in [-0.2, 0) is 6.54 Å². The second-order valence-electron chi connectivity index (χ2n) is 9.16. The van der Waals surface area contributed by atoms with E-state index < -0.39 is 0 Å². The van der Waals surface area contributed by atoms with Crippen molar-refractivity contribution in [2.45, 2.75) is 58.0 Å². The van der Waals surface area contributed by atoms with Gasteiger partial charge in [-0.2, -0.15) is 0 Å². The third-order valence-electron chi connectivity index (χ3n) is 7.38. The van der Waals surface area contributed by atoms with Crippen molar-refractivity contribution in [1.82, 2.24) is 5.32 Å². The number of rotatable bonds is 5. The van der Waals surface area contributed by atoms with E-state index in [0.29, 0.717) is 11.5 Å². The lowest BCUT2D eigenvalue weighted by molar-refractivity contribution is -0.0708. The maximum absolute atomic E-state index is 6.10. The molecule has 4 aliphatic rings. The average Bonchev–Trinajstić information content (AvgIpc) is 3.08. The Morgan fingerprint density at radius 2 is 1.62 bits per heavy atom. The van der Waals surface area contributed by atoms with Crippen LogP contribution in [0.5, 0.6) is 0 Å². The van der Waals surface area contributed by atoms with E-state index in [2.05, 4.69) is 64.6 Å². The molecule has 1 heterocycles. The lowest BCUT2D eigenvalue weighted by Crippen LogP contribution is -2.54. The number of halogens is 1. The van der Waals surface area contributed by atoms with E-state index in [-0.39, 0.29) is 0 Å². The van der Waals surface area contributed by atoms with Gasteiger partial charge >= 0.3 is 0 Å². The van der Waals surface area contributed by atoms with Crippen molar-refractivity contribution in [2.24, 2.45) is 23.2 Å². The van der Waals surface area contributed by atoms with Crippen LogP contribution in [0.4, 0.5) is 0 Å². The maximum atomic E-state index is 6.10. The van der Waals surface area contributed by atoms with Crippen LogP contribution < -0.4 is 5.32 Å². The van der Waals surface area contributed by atoms with Crippen molar-refractivity contribution in [3.63, 3.8) is 0 Å². The molecule has 4 saturated carbocycles. The lowest BCUT2D eigenvalue weighted by Gasteiger charge is -2.59. The van der Waals surface area contributed by atoms with Crippen molar-refractivity contribution < 1.29 is 4.42 Å². The number of furan rings is 1. The molecule has 0 unspecified atom stereocenters. The molecule has 26 heavy (non-hydrogen) atoms. The van der Waals surface area contributed by atoms with Gasteiger partial charge in [-0.15, -0.1) is 0 Å². The Morgan fingerprint density at radius 1 is 1.00 bits per heavy atom. The summed E-state index contributed by atoms with van der Waals surface area (Å²) >= 11 is 3.49. The monoisotopic (exact) mass is 413 g/mol. The second-order valence-corrected chi connectivity index (χ2v) is 10.1.